The van der Waals surface area contributed by atoms with Crippen molar-refractivity contribution in [3.05, 3.63) is 52.1 Å². The number of amides is 1. The lowest BCUT2D eigenvalue weighted by molar-refractivity contribution is 0.101. The number of nitrogens with one attached hydrogen (secondary N) is 1. The van der Waals surface area contributed by atoms with Gasteiger partial charge in [0, 0.05) is 28.1 Å². The molecule has 112 valence electrons. The molecule has 2 heterocycles. The van der Waals surface area contributed by atoms with E-state index in [4.69, 9.17) is 11.6 Å². The molecule has 0 saturated carbocycles. The number of carbonyl (C=O) groups excluding carboxylic acids is 1. The second kappa shape index (κ2) is 5.53. The predicted molar refractivity (Wildman–Crippen MR) is 85.5 cm³/mol. The molecule has 0 atom stereocenters. The number of aryl methyl sites for hydroxylation is 2. The van der Waals surface area contributed by atoms with Gasteiger partial charge in [-0.2, -0.15) is 0 Å². The Kier molecular flexibility index (Phi) is 4.10. The summed E-state index contributed by atoms with van der Waals surface area (Å²) in [6.07, 6.45) is 0. The number of nitrogens with zero attached hydrogens (tertiary/aromatic N) is 2. The maximum atomic E-state index is 12.4. The van der Waals surface area contributed by atoms with Crippen molar-refractivity contribution in [1.29, 1.82) is 0 Å². The zero-order chi connectivity index (χ0) is 15.8. The largest absolute Gasteiger partial charge is 0.270 e. The molecular formula is C16H20ClN3O. The van der Waals surface area contributed by atoms with Crippen LogP contribution in [0.3, 0.4) is 0 Å². The first-order valence-electron chi connectivity index (χ1n) is 6.83. The summed E-state index contributed by atoms with van der Waals surface area (Å²) in [5.74, 6) is -0.202. The van der Waals surface area contributed by atoms with Crippen molar-refractivity contribution in [2.45, 2.75) is 40.0 Å². The molecule has 2 rings (SSSR count). The molecule has 0 bridgehead atoms. The molecule has 0 unspecified atom stereocenters. The Morgan fingerprint density at radius 2 is 1.76 bits per heavy atom. The Balaban J connectivity index is 2.34. The predicted octanol–water partition coefficient (Wildman–Crippen LogP) is 3.83. The second-order valence-electron chi connectivity index (χ2n) is 6.21. The second-order valence-corrected chi connectivity index (χ2v) is 6.59. The molecule has 4 nitrogen and oxygen atoms in total. The Morgan fingerprint density at radius 1 is 1.19 bits per heavy atom. The highest BCUT2D eigenvalue weighted by molar-refractivity contribution is 6.29. The molecular weight excluding hydrogens is 286 g/mol. The van der Waals surface area contributed by atoms with Crippen LogP contribution in [0.1, 0.15) is 48.2 Å². The minimum absolute atomic E-state index is 0.167. The van der Waals surface area contributed by atoms with Crippen molar-refractivity contribution >= 4 is 17.5 Å². The molecule has 2 aromatic rings. The first-order valence-corrected chi connectivity index (χ1v) is 7.20. The summed E-state index contributed by atoms with van der Waals surface area (Å²) < 4.78 is 1.76. The minimum Gasteiger partial charge on any atom is -0.267 e. The van der Waals surface area contributed by atoms with Crippen LogP contribution in [0.15, 0.2) is 24.3 Å². The standard InChI is InChI=1S/C16H20ClN3O/c1-10-6-7-11(2)20(10)19-15(21)12-8-13(16(3,4)5)18-14(17)9-12/h6-9H,1-5H3,(H,19,21). The number of carbonyl (C=O) groups is 1. The van der Waals surface area contributed by atoms with E-state index in [0.29, 0.717) is 10.7 Å². The van der Waals surface area contributed by atoms with Gasteiger partial charge in [0.2, 0.25) is 0 Å². The molecule has 0 aliphatic heterocycles. The number of halogens is 1. The summed E-state index contributed by atoms with van der Waals surface area (Å²) in [4.78, 5) is 16.7. The Hall–Kier alpha value is -1.81. The summed E-state index contributed by atoms with van der Waals surface area (Å²) in [6, 6.07) is 7.28. The first kappa shape index (κ1) is 15.6. The lowest BCUT2D eigenvalue weighted by Crippen LogP contribution is -2.25. The van der Waals surface area contributed by atoms with Crippen molar-refractivity contribution < 1.29 is 4.79 Å². The Labute approximate surface area is 130 Å². The number of rotatable bonds is 2. The van der Waals surface area contributed by atoms with E-state index in [1.54, 1.807) is 16.8 Å². The molecule has 0 aliphatic rings. The van der Waals surface area contributed by atoms with E-state index in [1.165, 1.54) is 0 Å². The summed E-state index contributed by atoms with van der Waals surface area (Å²) in [7, 11) is 0. The summed E-state index contributed by atoms with van der Waals surface area (Å²) in [6.45, 7) is 9.98. The monoisotopic (exact) mass is 305 g/mol. The molecule has 0 spiro atoms. The molecule has 0 aromatic carbocycles. The van der Waals surface area contributed by atoms with Crippen LogP contribution in [0.4, 0.5) is 0 Å². The van der Waals surface area contributed by atoms with E-state index in [0.717, 1.165) is 17.1 Å². The third-order valence-corrected chi connectivity index (χ3v) is 3.50. The fraction of sp³-hybridized carbons (Fsp3) is 0.375. The zero-order valence-corrected chi connectivity index (χ0v) is 13.7. The highest BCUT2D eigenvalue weighted by Gasteiger charge is 2.19. The van der Waals surface area contributed by atoms with Crippen molar-refractivity contribution in [3.8, 4) is 0 Å². The van der Waals surface area contributed by atoms with Crippen LogP contribution < -0.4 is 5.43 Å². The molecule has 0 aliphatic carbocycles. The van der Waals surface area contributed by atoms with Gasteiger partial charge in [0.15, 0.2) is 0 Å². The van der Waals surface area contributed by atoms with Gasteiger partial charge in [0.05, 0.1) is 0 Å². The molecule has 2 aromatic heterocycles. The normalized spacial score (nSPS) is 11.5. The third kappa shape index (κ3) is 3.45. The highest BCUT2D eigenvalue weighted by atomic mass is 35.5. The molecule has 5 heteroatoms. The topological polar surface area (TPSA) is 46.9 Å². The lowest BCUT2D eigenvalue weighted by Gasteiger charge is -2.19. The Bertz CT molecular complexity index is 664. The molecule has 1 N–H and O–H groups in total. The van der Waals surface area contributed by atoms with Crippen molar-refractivity contribution in [1.82, 2.24) is 9.66 Å². The number of pyridine rings is 1. The van der Waals surface area contributed by atoms with E-state index in [-0.39, 0.29) is 11.3 Å². The molecule has 1 amide bonds. The van der Waals surface area contributed by atoms with Gasteiger partial charge in [0.1, 0.15) is 5.15 Å². The van der Waals surface area contributed by atoms with Crippen LogP contribution in [-0.4, -0.2) is 15.6 Å². The van der Waals surface area contributed by atoms with Gasteiger partial charge in [-0.05, 0) is 38.1 Å². The van der Waals surface area contributed by atoms with Crippen LogP contribution in [0, 0.1) is 13.8 Å². The SMILES string of the molecule is Cc1ccc(C)n1NC(=O)c1cc(Cl)nc(C(C)(C)C)c1. The van der Waals surface area contributed by atoms with Crippen LogP contribution in [0.5, 0.6) is 0 Å². The summed E-state index contributed by atoms with van der Waals surface area (Å²) >= 11 is 6.05. The van der Waals surface area contributed by atoms with E-state index in [1.807, 2.05) is 46.8 Å². The third-order valence-electron chi connectivity index (χ3n) is 3.31. The van der Waals surface area contributed by atoms with Crippen LogP contribution in [-0.2, 0) is 5.41 Å². The maximum absolute atomic E-state index is 12.4. The molecule has 0 saturated heterocycles. The van der Waals surface area contributed by atoms with Gasteiger partial charge in [-0.15, -0.1) is 0 Å². The lowest BCUT2D eigenvalue weighted by atomic mass is 9.91. The smallest absolute Gasteiger partial charge is 0.267 e. The number of aromatic nitrogens is 2. The molecule has 0 fully saturated rings. The average Bonchev–Trinajstić information content (AvgIpc) is 2.68. The van der Waals surface area contributed by atoms with Gasteiger partial charge in [-0.1, -0.05) is 32.4 Å². The van der Waals surface area contributed by atoms with Crippen molar-refractivity contribution in [2.75, 3.05) is 5.43 Å². The average molecular weight is 306 g/mol. The van der Waals surface area contributed by atoms with Gasteiger partial charge in [0.25, 0.3) is 5.91 Å². The first-order chi connectivity index (χ1) is 9.68. The van der Waals surface area contributed by atoms with Crippen LogP contribution in [0.25, 0.3) is 0 Å². The maximum Gasteiger partial charge on any atom is 0.270 e. The fourth-order valence-corrected chi connectivity index (χ4v) is 2.23. The van der Waals surface area contributed by atoms with Gasteiger partial charge < -0.3 is 0 Å². The summed E-state index contributed by atoms with van der Waals surface area (Å²) in [5.41, 5.74) is 5.94. The van der Waals surface area contributed by atoms with Crippen molar-refractivity contribution in [2.24, 2.45) is 0 Å². The molecule has 0 radical (unpaired) electrons. The quantitative estimate of drug-likeness (QED) is 0.857. The molecule has 21 heavy (non-hydrogen) atoms. The highest BCUT2D eigenvalue weighted by Crippen LogP contribution is 2.23. The van der Waals surface area contributed by atoms with Gasteiger partial charge >= 0.3 is 0 Å². The van der Waals surface area contributed by atoms with Crippen molar-refractivity contribution in [3.63, 3.8) is 0 Å². The summed E-state index contributed by atoms with van der Waals surface area (Å²) in [5, 5.41) is 0.327. The van der Waals surface area contributed by atoms with Gasteiger partial charge in [-0.25, -0.2) is 4.98 Å². The van der Waals surface area contributed by atoms with E-state index in [2.05, 4.69) is 10.4 Å². The van der Waals surface area contributed by atoms with E-state index >= 15 is 0 Å². The number of hydrogen-bond acceptors (Lipinski definition) is 2. The van der Waals surface area contributed by atoms with E-state index < -0.39 is 0 Å². The van der Waals surface area contributed by atoms with Crippen LogP contribution in [0.2, 0.25) is 5.15 Å². The zero-order valence-electron chi connectivity index (χ0n) is 13.0. The number of hydrogen-bond donors (Lipinski definition) is 1. The fourth-order valence-electron chi connectivity index (χ4n) is 2.02. The van der Waals surface area contributed by atoms with E-state index in [9.17, 15) is 4.79 Å². The Morgan fingerprint density at radius 3 is 2.29 bits per heavy atom. The van der Waals surface area contributed by atoms with Gasteiger partial charge in [-0.3, -0.25) is 14.9 Å². The minimum atomic E-state index is -0.202. The van der Waals surface area contributed by atoms with Crippen LogP contribution >= 0.6 is 11.6 Å².